The van der Waals surface area contributed by atoms with E-state index in [1.54, 1.807) is 0 Å². The van der Waals surface area contributed by atoms with Crippen LogP contribution in [0.15, 0.2) is 24.3 Å². The lowest BCUT2D eigenvalue weighted by atomic mass is 10.2. The van der Waals surface area contributed by atoms with E-state index in [1.165, 1.54) is 4.31 Å². The largest absolute Gasteiger partial charge is 0.382 e. The summed E-state index contributed by atoms with van der Waals surface area (Å²) in [5.74, 6) is 1.52. The van der Waals surface area contributed by atoms with Gasteiger partial charge in [-0.1, -0.05) is 18.2 Å². The molecule has 0 unspecified atom stereocenters. The van der Waals surface area contributed by atoms with E-state index in [2.05, 4.69) is 14.5 Å². The lowest BCUT2D eigenvalue weighted by molar-refractivity contribution is 0.117. The molecule has 1 fully saturated rings. The minimum atomic E-state index is -3.06. The van der Waals surface area contributed by atoms with E-state index in [0.717, 1.165) is 22.2 Å². The number of nitrogens with zero attached hydrogens (tertiary/aromatic N) is 4. The van der Waals surface area contributed by atoms with Crippen molar-refractivity contribution in [2.45, 2.75) is 19.9 Å². The predicted molar refractivity (Wildman–Crippen MR) is 105 cm³/mol. The van der Waals surface area contributed by atoms with Gasteiger partial charge < -0.3 is 15.0 Å². The molecule has 9 heteroatoms. The topological polar surface area (TPSA) is 103 Å². The number of ether oxygens (including phenoxy) is 1. The normalized spacial score (nSPS) is 17.2. The first kappa shape index (κ1) is 18.1. The van der Waals surface area contributed by atoms with Gasteiger partial charge in [-0.3, -0.25) is 0 Å². The summed E-state index contributed by atoms with van der Waals surface area (Å²) >= 11 is 0. The Bertz CT molecular complexity index is 1090. The van der Waals surface area contributed by atoms with Gasteiger partial charge in [0.25, 0.3) is 0 Å². The summed E-state index contributed by atoms with van der Waals surface area (Å²) in [6.45, 7) is 4.40. The number of rotatable bonds is 6. The van der Waals surface area contributed by atoms with Crippen LogP contribution in [-0.2, 0) is 21.3 Å². The summed E-state index contributed by atoms with van der Waals surface area (Å²) in [4.78, 5) is 9.01. The maximum atomic E-state index is 11.8. The minimum Gasteiger partial charge on any atom is -0.382 e. The summed E-state index contributed by atoms with van der Waals surface area (Å²) in [6, 6.07) is 7.86. The molecular weight excluding hydrogens is 366 g/mol. The SMILES string of the molecule is Cc1nc2c(N)nc3ccccc3c2n1CCOCCN1CCCS1(=O)=O. The number of imidazole rings is 1. The summed E-state index contributed by atoms with van der Waals surface area (Å²) in [7, 11) is -3.06. The Morgan fingerprint density at radius 2 is 1.96 bits per heavy atom. The zero-order chi connectivity index (χ0) is 19.0. The fraction of sp³-hybridized carbons (Fsp3) is 0.444. The number of hydrogen-bond donors (Lipinski definition) is 1. The highest BCUT2D eigenvalue weighted by Crippen LogP contribution is 2.28. The molecule has 0 spiro atoms. The third kappa shape index (κ3) is 3.38. The molecule has 0 atom stereocenters. The molecule has 1 aromatic carbocycles. The number of anilines is 1. The molecule has 0 saturated carbocycles. The maximum absolute atomic E-state index is 11.8. The first-order valence-electron chi connectivity index (χ1n) is 9.04. The highest BCUT2D eigenvalue weighted by atomic mass is 32.2. The molecule has 4 rings (SSSR count). The number of sulfonamides is 1. The van der Waals surface area contributed by atoms with E-state index in [4.69, 9.17) is 10.5 Å². The Balaban J connectivity index is 1.48. The Morgan fingerprint density at radius 1 is 1.19 bits per heavy atom. The Hall–Kier alpha value is -2.23. The number of nitrogen functional groups attached to an aromatic ring is 1. The number of aromatic nitrogens is 3. The Kier molecular flexibility index (Phi) is 4.75. The van der Waals surface area contributed by atoms with Gasteiger partial charge in [-0.05, 0) is 19.4 Å². The molecular formula is C18H23N5O3S. The number of para-hydroxylation sites is 1. The van der Waals surface area contributed by atoms with Crippen molar-refractivity contribution in [2.24, 2.45) is 0 Å². The summed E-state index contributed by atoms with van der Waals surface area (Å²) in [5.41, 5.74) is 8.60. The predicted octanol–water partition coefficient (Wildman–Crippen LogP) is 1.53. The quantitative estimate of drug-likeness (QED) is 0.641. The summed E-state index contributed by atoms with van der Waals surface area (Å²) in [5, 5.41) is 1.01. The van der Waals surface area contributed by atoms with E-state index in [1.807, 2.05) is 31.2 Å². The molecule has 2 N–H and O–H groups in total. The smallest absolute Gasteiger partial charge is 0.214 e. The fourth-order valence-electron chi connectivity index (χ4n) is 3.61. The van der Waals surface area contributed by atoms with E-state index in [0.29, 0.717) is 50.6 Å². The number of hydrogen-bond acceptors (Lipinski definition) is 6. The van der Waals surface area contributed by atoms with Crippen molar-refractivity contribution in [3.8, 4) is 0 Å². The highest BCUT2D eigenvalue weighted by Gasteiger charge is 2.27. The lowest BCUT2D eigenvalue weighted by Gasteiger charge is -2.14. The second kappa shape index (κ2) is 7.06. The van der Waals surface area contributed by atoms with Crippen LogP contribution in [0, 0.1) is 6.92 Å². The molecule has 27 heavy (non-hydrogen) atoms. The van der Waals surface area contributed by atoms with Gasteiger partial charge in [0.2, 0.25) is 10.0 Å². The fourth-order valence-corrected chi connectivity index (χ4v) is 5.12. The van der Waals surface area contributed by atoms with Crippen LogP contribution in [0.5, 0.6) is 0 Å². The van der Waals surface area contributed by atoms with Crippen molar-refractivity contribution in [1.29, 1.82) is 0 Å². The number of aryl methyl sites for hydroxylation is 1. The number of benzene rings is 1. The van der Waals surface area contributed by atoms with Crippen molar-refractivity contribution >= 4 is 37.8 Å². The van der Waals surface area contributed by atoms with Crippen LogP contribution < -0.4 is 5.73 Å². The molecule has 1 aliphatic heterocycles. The van der Waals surface area contributed by atoms with Crippen LogP contribution in [0.1, 0.15) is 12.2 Å². The van der Waals surface area contributed by atoms with Gasteiger partial charge in [0, 0.05) is 25.0 Å². The van der Waals surface area contributed by atoms with Crippen LogP contribution in [0.25, 0.3) is 21.9 Å². The van der Waals surface area contributed by atoms with Crippen molar-refractivity contribution in [2.75, 3.05) is 37.8 Å². The van der Waals surface area contributed by atoms with Crippen LogP contribution in [0.4, 0.5) is 5.82 Å². The Labute approximate surface area is 158 Å². The molecule has 1 saturated heterocycles. The maximum Gasteiger partial charge on any atom is 0.214 e. The molecule has 0 bridgehead atoms. The van der Waals surface area contributed by atoms with Crippen LogP contribution in [0.2, 0.25) is 0 Å². The standard InChI is InChI=1S/C18H23N5O3S/c1-13-20-16-17(14-5-2-3-6-15(14)21-18(16)19)23(13)9-11-26-10-8-22-7-4-12-27(22,24)25/h2-3,5-6H,4,7-12H2,1H3,(H2,19,21). The number of nitrogens with two attached hydrogens (primary N) is 1. The number of fused-ring (bicyclic) bond motifs is 3. The van der Waals surface area contributed by atoms with Crippen molar-refractivity contribution in [1.82, 2.24) is 18.8 Å². The zero-order valence-corrected chi connectivity index (χ0v) is 16.1. The first-order chi connectivity index (χ1) is 13.0. The molecule has 0 amide bonds. The molecule has 2 aromatic heterocycles. The lowest BCUT2D eigenvalue weighted by Crippen LogP contribution is -2.29. The van der Waals surface area contributed by atoms with Gasteiger partial charge in [-0.2, -0.15) is 4.31 Å². The second-order valence-corrected chi connectivity index (χ2v) is 8.79. The van der Waals surface area contributed by atoms with Crippen LogP contribution in [-0.4, -0.2) is 59.3 Å². The molecule has 0 aliphatic carbocycles. The summed E-state index contributed by atoms with van der Waals surface area (Å²) in [6.07, 6.45) is 0.699. The average molecular weight is 389 g/mol. The molecule has 3 aromatic rings. The van der Waals surface area contributed by atoms with E-state index in [9.17, 15) is 8.42 Å². The molecule has 1 aliphatic rings. The average Bonchev–Trinajstić information content (AvgIpc) is 3.14. The van der Waals surface area contributed by atoms with Gasteiger partial charge >= 0.3 is 0 Å². The van der Waals surface area contributed by atoms with E-state index < -0.39 is 10.0 Å². The molecule has 144 valence electrons. The van der Waals surface area contributed by atoms with Crippen molar-refractivity contribution < 1.29 is 13.2 Å². The van der Waals surface area contributed by atoms with Crippen molar-refractivity contribution in [3.05, 3.63) is 30.1 Å². The highest BCUT2D eigenvalue weighted by molar-refractivity contribution is 7.89. The van der Waals surface area contributed by atoms with Gasteiger partial charge in [-0.25, -0.2) is 18.4 Å². The van der Waals surface area contributed by atoms with Crippen LogP contribution in [0.3, 0.4) is 0 Å². The van der Waals surface area contributed by atoms with Gasteiger partial charge in [0.15, 0.2) is 5.82 Å². The molecule has 3 heterocycles. The van der Waals surface area contributed by atoms with E-state index >= 15 is 0 Å². The van der Waals surface area contributed by atoms with Gasteiger partial charge in [0.1, 0.15) is 11.3 Å². The number of pyridine rings is 1. The van der Waals surface area contributed by atoms with Crippen LogP contribution >= 0.6 is 0 Å². The van der Waals surface area contributed by atoms with Crippen molar-refractivity contribution in [3.63, 3.8) is 0 Å². The second-order valence-electron chi connectivity index (χ2n) is 6.70. The van der Waals surface area contributed by atoms with Gasteiger partial charge in [0.05, 0.1) is 30.0 Å². The summed E-state index contributed by atoms with van der Waals surface area (Å²) < 4.78 is 32.9. The molecule has 8 nitrogen and oxygen atoms in total. The first-order valence-corrected chi connectivity index (χ1v) is 10.6. The van der Waals surface area contributed by atoms with E-state index in [-0.39, 0.29) is 5.75 Å². The minimum absolute atomic E-state index is 0.246. The zero-order valence-electron chi connectivity index (χ0n) is 15.3. The third-order valence-corrected chi connectivity index (χ3v) is 6.91. The van der Waals surface area contributed by atoms with Gasteiger partial charge in [-0.15, -0.1) is 0 Å². The third-order valence-electron chi connectivity index (χ3n) is 4.95. The Morgan fingerprint density at radius 3 is 2.74 bits per heavy atom. The molecule has 0 radical (unpaired) electrons. The monoisotopic (exact) mass is 389 g/mol.